The molecule has 0 saturated heterocycles. The lowest BCUT2D eigenvalue weighted by atomic mass is 10.5. The van der Waals surface area contributed by atoms with E-state index in [2.05, 4.69) is 25.3 Å². The first-order valence-electron chi connectivity index (χ1n) is 2.91. The molecule has 0 aromatic rings. The molecule has 0 saturated carbocycles. The van der Waals surface area contributed by atoms with Crippen LogP contribution in [-0.4, -0.2) is 37.5 Å². The standard InChI is InChI=1S/C6H15NS/c1-7(2)5-4-6-8-3/h4-6H2,1-3H3. The fourth-order valence-corrected chi connectivity index (χ4v) is 0.943. The van der Waals surface area contributed by atoms with Crippen LogP contribution < -0.4 is 0 Å². The van der Waals surface area contributed by atoms with Crippen LogP contribution in [0.5, 0.6) is 0 Å². The van der Waals surface area contributed by atoms with Crippen LogP contribution in [0.4, 0.5) is 0 Å². The van der Waals surface area contributed by atoms with Crippen molar-refractivity contribution in [2.75, 3.05) is 32.6 Å². The van der Waals surface area contributed by atoms with Crippen molar-refractivity contribution >= 4 is 11.8 Å². The Balaban J connectivity index is 2.72. The Morgan fingerprint density at radius 1 is 1.38 bits per heavy atom. The van der Waals surface area contributed by atoms with E-state index in [0.29, 0.717) is 0 Å². The van der Waals surface area contributed by atoms with Crippen LogP contribution in [0.15, 0.2) is 0 Å². The summed E-state index contributed by atoms with van der Waals surface area (Å²) in [5, 5.41) is 0. The van der Waals surface area contributed by atoms with Crippen molar-refractivity contribution in [1.29, 1.82) is 0 Å². The van der Waals surface area contributed by atoms with E-state index in [0.717, 1.165) is 0 Å². The molecule has 0 aliphatic rings. The van der Waals surface area contributed by atoms with Gasteiger partial charge in [0.15, 0.2) is 0 Å². The van der Waals surface area contributed by atoms with Gasteiger partial charge in [-0.1, -0.05) is 0 Å². The number of hydrogen-bond acceptors (Lipinski definition) is 2. The molecule has 1 nitrogen and oxygen atoms in total. The molecule has 0 fully saturated rings. The van der Waals surface area contributed by atoms with Crippen molar-refractivity contribution in [2.24, 2.45) is 0 Å². The minimum absolute atomic E-state index is 1.22. The van der Waals surface area contributed by atoms with Crippen LogP contribution >= 0.6 is 11.8 Å². The van der Waals surface area contributed by atoms with Crippen LogP contribution in [0.1, 0.15) is 6.42 Å². The largest absolute Gasteiger partial charge is 0.309 e. The fourth-order valence-electron chi connectivity index (χ4n) is 0.525. The van der Waals surface area contributed by atoms with E-state index in [1.807, 2.05) is 11.8 Å². The van der Waals surface area contributed by atoms with Gasteiger partial charge >= 0.3 is 0 Å². The number of nitrogens with zero attached hydrogens (tertiary/aromatic N) is 1. The number of rotatable bonds is 4. The van der Waals surface area contributed by atoms with E-state index in [9.17, 15) is 0 Å². The zero-order valence-corrected chi connectivity index (χ0v) is 6.79. The van der Waals surface area contributed by atoms with E-state index in [4.69, 9.17) is 0 Å². The van der Waals surface area contributed by atoms with Gasteiger partial charge in [-0.2, -0.15) is 11.8 Å². The molecule has 8 heavy (non-hydrogen) atoms. The van der Waals surface area contributed by atoms with E-state index in [1.165, 1.54) is 18.7 Å². The summed E-state index contributed by atoms with van der Waals surface area (Å²) < 4.78 is 0. The smallest absolute Gasteiger partial charge is 0.00170 e. The Hall–Kier alpha value is 0.310. The molecular weight excluding hydrogens is 118 g/mol. The van der Waals surface area contributed by atoms with Gasteiger partial charge in [0.2, 0.25) is 0 Å². The van der Waals surface area contributed by atoms with E-state index in [-0.39, 0.29) is 0 Å². The van der Waals surface area contributed by atoms with E-state index >= 15 is 0 Å². The van der Waals surface area contributed by atoms with Crippen molar-refractivity contribution in [1.82, 2.24) is 4.90 Å². The van der Waals surface area contributed by atoms with Gasteiger partial charge in [0.25, 0.3) is 0 Å². The maximum Gasteiger partial charge on any atom is -0.00170 e. The number of hydrogen-bond donors (Lipinski definition) is 0. The topological polar surface area (TPSA) is 3.24 Å². The highest BCUT2D eigenvalue weighted by atomic mass is 32.2. The molecule has 50 valence electrons. The lowest BCUT2D eigenvalue weighted by Crippen LogP contribution is -2.13. The summed E-state index contributed by atoms with van der Waals surface area (Å²) in [6.07, 6.45) is 3.46. The van der Waals surface area contributed by atoms with Gasteiger partial charge in [-0.15, -0.1) is 0 Å². The third kappa shape index (κ3) is 6.31. The Morgan fingerprint density at radius 3 is 2.38 bits per heavy atom. The lowest BCUT2D eigenvalue weighted by Gasteiger charge is -2.06. The molecule has 0 bridgehead atoms. The predicted octanol–water partition coefficient (Wildman–Crippen LogP) is 1.30. The van der Waals surface area contributed by atoms with Crippen molar-refractivity contribution < 1.29 is 0 Å². The second kappa shape index (κ2) is 5.45. The van der Waals surface area contributed by atoms with Crippen LogP contribution in [0, 0.1) is 0 Å². The Labute approximate surface area is 56.4 Å². The van der Waals surface area contributed by atoms with Crippen molar-refractivity contribution in [3.8, 4) is 0 Å². The third-order valence-electron chi connectivity index (χ3n) is 0.954. The monoisotopic (exact) mass is 133 g/mol. The molecule has 0 rings (SSSR count). The first kappa shape index (κ1) is 8.31. The third-order valence-corrected chi connectivity index (χ3v) is 1.65. The number of thioether (sulfide) groups is 1. The van der Waals surface area contributed by atoms with Gasteiger partial charge in [-0.3, -0.25) is 0 Å². The average Bonchev–Trinajstić information content (AvgIpc) is 1.66. The summed E-state index contributed by atoms with van der Waals surface area (Å²) in [5.41, 5.74) is 0. The van der Waals surface area contributed by atoms with Crippen molar-refractivity contribution in [2.45, 2.75) is 6.42 Å². The summed E-state index contributed by atoms with van der Waals surface area (Å²) in [6, 6.07) is 0. The predicted molar refractivity (Wildman–Crippen MR) is 41.6 cm³/mol. The average molecular weight is 133 g/mol. The highest BCUT2D eigenvalue weighted by Crippen LogP contribution is 1.94. The summed E-state index contributed by atoms with van der Waals surface area (Å²) in [6.45, 7) is 1.22. The SMILES string of the molecule is CSCCCN(C)C. The maximum absolute atomic E-state index is 2.22. The van der Waals surface area contributed by atoms with Gasteiger partial charge in [0.1, 0.15) is 0 Å². The quantitative estimate of drug-likeness (QED) is 0.532. The molecule has 0 atom stereocenters. The molecule has 0 unspecified atom stereocenters. The molecule has 0 aromatic carbocycles. The van der Waals surface area contributed by atoms with Crippen molar-refractivity contribution in [3.63, 3.8) is 0 Å². The molecule has 0 aromatic heterocycles. The fraction of sp³-hybridized carbons (Fsp3) is 1.00. The van der Waals surface area contributed by atoms with Gasteiger partial charge in [-0.05, 0) is 39.1 Å². The molecule has 0 aliphatic carbocycles. The minimum Gasteiger partial charge on any atom is -0.309 e. The van der Waals surface area contributed by atoms with Crippen LogP contribution in [0.3, 0.4) is 0 Å². The summed E-state index contributed by atoms with van der Waals surface area (Å²) >= 11 is 1.92. The van der Waals surface area contributed by atoms with Gasteiger partial charge in [-0.25, -0.2) is 0 Å². The lowest BCUT2D eigenvalue weighted by molar-refractivity contribution is 0.410. The first-order chi connectivity index (χ1) is 3.77. The Morgan fingerprint density at radius 2 is 2.00 bits per heavy atom. The van der Waals surface area contributed by atoms with E-state index < -0.39 is 0 Å². The molecule has 0 radical (unpaired) electrons. The summed E-state index contributed by atoms with van der Waals surface area (Å²) in [7, 11) is 4.22. The van der Waals surface area contributed by atoms with E-state index in [1.54, 1.807) is 0 Å². The second-order valence-electron chi connectivity index (χ2n) is 2.15. The van der Waals surface area contributed by atoms with Crippen LogP contribution in [0.2, 0.25) is 0 Å². The highest BCUT2D eigenvalue weighted by molar-refractivity contribution is 7.98. The normalized spacial score (nSPS) is 10.5. The molecule has 0 amide bonds. The molecule has 2 heteroatoms. The zero-order valence-electron chi connectivity index (χ0n) is 5.98. The maximum atomic E-state index is 2.22. The molecule has 0 spiro atoms. The zero-order chi connectivity index (χ0) is 6.41. The van der Waals surface area contributed by atoms with Crippen LogP contribution in [-0.2, 0) is 0 Å². The van der Waals surface area contributed by atoms with Crippen LogP contribution in [0.25, 0.3) is 0 Å². The Bertz CT molecular complexity index is 45.8. The second-order valence-corrected chi connectivity index (χ2v) is 3.14. The minimum atomic E-state index is 1.22. The Kier molecular flexibility index (Phi) is 5.66. The van der Waals surface area contributed by atoms with Gasteiger partial charge in [0.05, 0.1) is 0 Å². The molecule has 0 N–H and O–H groups in total. The highest BCUT2D eigenvalue weighted by Gasteiger charge is 1.86. The molecule has 0 heterocycles. The summed E-state index contributed by atoms with van der Waals surface area (Å²) in [4.78, 5) is 2.22. The summed E-state index contributed by atoms with van der Waals surface area (Å²) in [5.74, 6) is 1.29. The molecular formula is C6H15NS. The first-order valence-corrected chi connectivity index (χ1v) is 4.30. The molecule has 0 aliphatic heterocycles. The van der Waals surface area contributed by atoms with Gasteiger partial charge < -0.3 is 4.90 Å². The van der Waals surface area contributed by atoms with Crippen molar-refractivity contribution in [3.05, 3.63) is 0 Å². The van der Waals surface area contributed by atoms with Gasteiger partial charge in [0, 0.05) is 0 Å².